The largest absolute Gasteiger partial charge is 0.481 e. The SMILES string of the molecule is COc1cc(NC(=O)C(=O)c2c(C)n(Cc3ncc(F)cc3F)c3ccc(C)cc23)ccn1. The highest BCUT2D eigenvalue weighted by molar-refractivity contribution is 6.48. The summed E-state index contributed by atoms with van der Waals surface area (Å²) in [5, 5.41) is 3.12. The van der Waals surface area contributed by atoms with Crippen LogP contribution < -0.4 is 10.1 Å². The lowest BCUT2D eigenvalue weighted by Gasteiger charge is -2.09. The molecule has 0 aliphatic rings. The molecule has 4 rings (SSSR count). The molecule has 3 heterocycles. The first kappa shape index (κ1) is 22.1. The number of aromatic nitrogens is 3. The van der Waals surface area contributed by atoms with Crippen molar-refractivity contribution in [1.29, 1.82) is 0 Å². The van der Waals surface area contributed by atoms with Crippen molar-refractivity contribution in [3.05, 3.63) is 82.9 Å². The molecule has 0 unspecified atom stereocenters. The van der Waals surface area contributed by atoms with E-state index in [2.05, 4.69) is 15.3 Å². The van der Waals surface area contributed by atoms with Gasteiger partial charge in [0.25, 0.3) is 11.7 Å². The van der Waals surface area contributed by atoms with E-state index >= 15 is 0 Å². The number of fused-ring (bicyclic) bond motifs is 1. The topological polar surface area (TPSA) is 86.1 Å². The second-order valence-electron chi connectivity index (χ2n) is 7.52. The third-order valence-corrected chi connectivity index (χ3v) is 5.31. The van der Waals surface area contributed by atoms with Crippen LogP contribution in [0.4, 0.5) is 14.5 Å². The Morgan fingerprint density at radius 1 is 1.09 bits per heavy atom. The van der Waals surface area contributed by atoms with E-state index in [1.807, 2.05) is 13.0 Å². The maximum Gasteiger partial charge on any atom is 0.296 e. The normalized spacial score (nSPS) is 10.9. The fourth-order valence-corrected chi connectivity index (χ4v) is 3.70. The molecule has 3 aromatic heterocycles. The molecule has 0 atom stereocenters. The minimum absolute atomic E-state index is 0.0179. The van der Waals surface area contributed by atoms with Crippen molar-refractivity contribution in [2.75, 3.05) is 12.4 Å². The average molecular weight is 450 g/mol. The number of nitrogens with one attached hydrogen (secondary N) is 1. The molecule has 0 bridgehead atoms. The number of rotatable bonds is 6. The molecule has 0 saturated carbocycles. The predicted octanol–water partition coefficient (Wildman–Crippen LogP) is 4.20. The third-order valence-electron chi connectivity index (χ3n) is 5.31. The molecular weight excluding hydrogens is 430 g/mol. The number of hydrogen-bond acceptors (Lipinski definition) is 5. The summed E-state index contributed by atoms with van der Waals surface area (Å²) >= 11 is 0. The van der Waals surface area contributed by atoms with Crippen LogP contribution in [0.25, 0.3) is 10.9 Å². The van der Waals surface area contributed by atoms with E-state index in [4.69, 9.17) is 4.74 Å². The van der Waals surface area contributed by atoms with Crippen LogP contribution in [0.1, 0.15) is 27.3 Å². The number of nitrogens with zero attached hydrogens (tertiary/aromatic N) is 3. The summed E-state index contributed by atoms with van der Waals surface area (Å²) in [7, 11) is 1.44. The number of amides is 1. The average Bonchev–Trinajstić information content (AvgIpc) is 3.05. The molecule has 1 amide bonds. The zero-order valence-electron chi connectivity index (χ0n) is 18.1. The van der Waals surface area contributed by atoms with E-state index < -0.39 is 23.3 Å². The third kappa shape index (κ3) is 4.30. The van der Waals surface area contributed by atoms with Crippen molar-refractivity contribution in [3.8, 4) is 5.88 Å². The number of Topliss-reactive ketones (excluding diaryl/α,β-unsaturated/α-hetero) is 1. The van der Waals surface area contributed by atoms with Gasteiger partial charge in [0.15, 0.2) is 0 Å². The van der Waals surface area contributed by atoms with Gasteiger partial charge >= 0.3 is 0 Å². The van der Waals surface area contributed by atoms with Crippen LogP contribution in [0.5, 0.6) is 5.88 Å². The number of ether oxygens (including phenoxy) is 1. The Morgan fingerprint density at radius 3 is 2.61 bits per heavy atom. The van der Waals surface area contributed by atoms with Gasteiger partial charge in [-0.3, -0.25) is 14.6 Å². The number of ketones is 1. The van der Waals surface area contributed by atoms with Crippen LogP contribution in [-0.4, -0.2) is 33.3 Å². The number of methoxy groups -OCH3 is 1. The molecule has 7 nitrogen and oxygen atoms in total. The Hall–Kier alpha value is -4.14. The standard InChI is InChI=1S/C24H20F2N4O3/c1-13-4-5-20-17(8-13)22(14(2)30(20)12-19-18(26)9-15(25)11-28-19)23(31)24(32)29-16-6-7-27-21(10-16)33-3/h4-11H,12H2,1-3H3,(H,27,29,32). The van der Waals surface area contributed by atoms with Crippen molar-refractivity contribution < 1.29 is 23.1 Å². The van der Waals surface area contributed by atoms with Gasteiger partial charge in [0, 0.05) is 40.6 Å². The quantitative estimate of drug-likeness (QED) is 0.351. The summed E-state index contributed by atoms with van der Waals surface area (Å²) < 4.78 is 34.3. The number of anilines is 1. The summed E-state index contributed by atoms with van der Waals surface area (Å²) in [5.41, 5.74) is 2.56. The van der Waals surface area contributed by atoms with Gasteiger partial charge in [-0.05, 0) is 32.0 Å². The second kappa shape index (κ2) is 8.78. The maximum atomic E-state index is 14.3. The highest BCUT2D eigenvalue weighted by Gasteiger charge is 2.26. The highest BCUT2D eigenvalue weighted by atomic mass is 19.1. The fraction of sp³-hybridized carbons (Fsp3) is 0.167. The summed E-state index contributed by atoms with van der Waals surface area (Å²) in [5.74, 6) is -2.86. The van der Waals surface area contributed by atoms with Gasteiger partial charge in [-0.1, -0.05) is 11.6 Å². The van der Waals surface area contributed by atoms with E-state index in [1.165, 1.54) is 25.4 Å². The lowest BCUT2D eigenvalue weighted by molar-refractivity contribution is -0.112. The van der Waals surface area contributed by atoms with Crippen LogP contribution in [0.2, 0.25) is 0 Å². The Balaban J connectivity index is 1.75. The molecular formula is C24H20F2N4O3. The van der Waals surface area contributed by atoms with Crippen LogP contribution in [0.15, 0.2) is 48.8 Å². The van der Waals surface area contributed by atoms with E-state index in [9.17, 15) is 18.4 Å². The molecule has 168 valence electrons. The van der Waals surface area contributed by atoms with Crippen molar-refractivity contribution in [1.82, 2.24) is 14.5 Å². The van der Waals surface area contributed by atoms with Gasteiger partial charge in [0.1, 0.15) is 11.6 Å². The van der Waals surface area contributed by atoms with Gasteiger partial charge in [0.2, 0.25) is 5.88 Å². The van der Waals surface area contributed by atoms with Gasteiger partial charge in [-0.2, -0.15) is 0 Å². The Bertz CT molecular complexity index is 1400. The molecule has 0 spiro atoms. The number of carbonyl (C=O) groups excluding carboxylic acids is 2. The van der Waals surface area contributed by atoms with E-state index in [-0.39, 0.29) is 23.7 Å². The Labute approximate surface area is 188 Å². The lowest BCUT2D eigenvalue weighted by atomic mass is 10.0. The van der Waals surface area contributed by atoms with Gasteiger partial charge in [-0.25, -0.2) is 13.8 Å². The molecule has 0 saturated heterocycles. The van der Waals surface area contributed by atoms with E-state index in [1.54, 1.807) is 23.6 Å². The number of halogens is 2. The van der Waals surface area contributed by atoms with Gasteiger partial charge in [-0.15, -0.1) is 0 Å². The van der Waals surface area contributed by atoms with Crippen molar-refractivity contribution in [2.24, 2.45) is 0 Å². The molecule has 1 aromatic carbocycles. The molecule has 0 aliphatic heterocycles. The molecule has 33 heavy (non-hydrogen) atoms. The fourth-order valence-electron chi connectivity index (χ4n) is 3.70. The summed E-state index contributed by atoms with van der Waals surface area (Å²) in [6.07, 6.45) is 2.38. The predicted molar refractivity (Wildman–Crippen MR) is 118 cm³/mol. The maximum absolute atomic E-state index is 14.3. The van der Waals surface area contributed by atoms with Crippen LogP contribution >= 0.6 is 0 Å². The van der Waals surface area contributed by atoms with Gasteiger partial charge in [0.05, 0.1) is 31.1 Å². The van der Waals surface area contributed by atoms with E-state index in [0.29, 0.717) is 22.3 Å². The molecule has 4 aromatic rings. The number of aryl methyl sites for hydroxylation is 1. The number of pyridine rings is 2. The summed E-state index contributed by atoms with van der Waals surface area (Å²) in [4.78, 5) is 33.8. The zero-order valence-corrected chi connectivity index (χ0v) is 18.1. The van der Waals surface area contributed by atoms with Crippen LogP contribution in [0.3, 0.4) is 0 Å². The van der Waals surface area contributed by atoms with E-state index in [0.717, 1.165) is 17.8 Å². The number of carbonyl (C=O) groups is 2. The first-order valence-corrected chi connectivity index (χ1v) is 10.0. The van der Waals surface area contributed by atoms with Crippen molar-refractivity contribution in [3.63, 3.8) is 0 Å². The minimum atomic E-state index is -0.835. The second-order valence-corrected chi connectivity index (χ2v) is 7.52. The number of benzene rings is 1. The zero-order chi connectivity index (χ0) is 23.7. The molecule has 0 aliphatic carbocycles. The van der Waals surface area contributed by atoms with Crippen molar-refractivity contribution >= 4 is 28.3 Å². The summed E-state index contributed by atoms with van der Waals surface area (Å²) in [6, 6.07) is 9.23. The van der Waals surface area contributed by atoms with Crippen molar-refractivity contribution in [2.45, 2.75) is 20.4 Å². The lowest BCUT2D eigenvalue weighted by Crippen LogP contribution is -2.23. The molecule has 9 heteroatoms. The summed E-state index contributed by atoms with van der Waals surface area (Å²) in [6.45, 7) is 3.51. The van der Waals surface area contributed by atoms with Crippen LogP contribution in [0, 0.1) is 25.5 Å². The Kier molecular flexibility index (Phi) is 5.87. The smallest absolute Gasteiger partial charge is 0.296 e. The first-order chi connectivity index (χ1) is 15.8. The molecule has 0 fully saturated rings. The highest BCUT2D eigenvalue weighted by Crippen LogP contribution is 2.29. The van der Waals surface area contributed by atoms with Gasteiger partial charge < -0.3 is 14.6 Å². The monoisotopic (exact) mass is 450 g/mol. The molecule has 0 radical (unpaired) electrons. The van der Waals surface area contributed by atoms with Crippen LogP contribution in [-0.2, 0) is 11.3 Å². The number of hydrogen-bond donors (Lipinski definition) is 1. The molecule has 1 N–H and O–H groups in total. The Morgan fingerprint density at radius 2 is 1.88 bits per heavy atom. The first-order valence-electron chi connectivity index (χ1n) is 10.0. The minimum Gasteiger partial charge on any atom is -0.481 e.